The Morgan fingerprint density at radius 3 is 1.69 bits per heavy atom. The highest BCUT2D eigenvalue weighted by Crippen LogP contribution is 2.26. The maximum atomic E-state index is 11.7. The lowest BCUT2D eigenvalue weighted by atomic mass is 10.3. The van der Waals surface area contributed by atoms with E-state index in [4.69, 9.17) is 0 Å². The summed E-state index contributed by atoms with van der Waals surface area (Å²) < 4.78 is 35.2. The van der Waals surface area contributed by atoms with Gasteiger partial charge in [-0.25, -0.2) is 0 Å². The predicted octanol–water partition coefficient (Wildman–Crippen LogP) is 3.18. The van der Waals surface area contributed by atoms with E-state index in [0.717, 1.165) is 12.3 Å². The van der Waals surface area contributed by atoms with E-state index in [1.165, 1.54) is 12.1 Å². The Morgan fingerprint density at radius 1 is 0.812 bits per heavy atom. The lowest BCUT2D eigenvalue weighted by Crippen LogP contribution is -2.06. The highest BCUT2D eigenvalue weighted by Gasteiger charge is 2.31. The molecule has 84 valence electrons. The first-order valence-electron chi connectivity index (χ1n) is 4.44. The zero-order valence-corrected chi connectivity index (χ0v) is 8.22. The van der Waals surface area contributed by atoms with Crippen LogP contribution in [0.2, 0.25) is 0 Å². The summed E-state index contributed by atoms with van der Waals surface area (Å²) in [6, 6.07) is 9.39. The van der Waals surface area contributed by atoms with Crippen LogP contribution in [0.25, 0.3) is 0 Å². The maximum absolute atomic E-state index is 11.7. The van der Waals surface area contributed by atoms with Gasteiger partial charge in [-0.1, -0.05) is 12.1 Å². The molecule has 0 amide bonds. The van der Waals surface area contributed by atoms with Crippen molar-refractivity contribution < 1.29 is 13.2 Å². The average molecular weight is 226 g/mol. The molecule has 0 spiro atoms. The molecule has 2 aromatic heterocycles. The molecule has 0 atom stereocenters. The van der Waals surface area contributed by atoms with E-state index in [9.17, 15) is 13.2 Å². The van der Waals surface area contributed by atoms with Crippen LogP contribution in [-0.4, -0.2) is 9.97 Å². The van der Waals surface area contributed by atoms with Crippen LogP contribution >= 0.6 is 0 Å². The van der Waals surface area contributed by atoms with Crippen molar-refractivity contribution in [3.05, 3.63) is 60.7 Å². The second kappa shape index (κ2) is 5.85. The molecule has 0 radical (unpaired) electrons. The largest absolute Gasteiger partial charge is 0.433 e. The van der Waals surface area contributed by atoms with Crippen molar-refractivity contribution in [3.63, 3.8) is 0 Å². The van der Waals surface area contributed by atoms with Crippen molar-refractivity contribution in [1.82, 2.24) is 9.97 Å². The molecule has 0 fully saturated rings. The predicted molar refractivity (Wildman–Crippen MR) is 53.5 cm³/mol. The molecule has 2 heterocycles. The second-order valence-electron chi connectivity index (χ2n) is 2.74. The number of aromatic nitrogens is 2. The number of halogens is 3. The van der Waals surface area contributed by atoms with Crippen LogP contribution in [0.1, 0.15) is 5.69 Å². The quantitative estimate of drug-likeness (QED) is 0.689. The van der Waals surface area contributed by atoms with Crippen molar-refractivity contribution in [2.75, 3.05) is 0 Å². The fourth-order valence-electron chi connectivity index (χ4n) is 0.843. The first kappa shape index (κ1) is 12.2. The molecule has 0 saturated heterocycles. The molecule has 2 nitrogen and oxygen atoms in total. The van der Waals surface area contributed by atoms with Gasteiger partial charge in [0.05, 0.1) is 0 Å². The van der Waals surface area contributed by atoms with E-state index in [2.05, 4.69) is 9.97 Å². The Balaban J connectivity index is 0.000000181. The molecular weight excluding hydrogens is 217 g/mol. The summed E-state index contributed by atoms with van der Waals surface area (Å²) in [7, 11) is 0. The Hall–Kier alpha value is -1.91. The summed E-state index contributed by atoms with van der Waals surface area (Å²) in [5.41, 5.74) is -0.852. The highest BCUT2D eigenvalue weighted by atomic mass is 19.4. The van der Waals surface area contributed by atoms with Gasteiger partial charge in [0, 0.05) is 18.6 Å². The molecule has 0 aliphatic carbocycles. The van der Waals surface area contributed by atoms with E-state index in [1.54, 1.807) is 12.4 Å². The van der Waals surface area contributed by atoms with Crippen molar-refractivity contribution in [1.29, 1.82) is 0 Å². The van der Waals surface area contributed by atoms with Crippen molar-refractivity contribution >= 4 is 0 Å². The molecule has 16 heavy (non-hydrogen) atoms. The van der Waals surface area contributed by atoms with E-state index >= 15 is 0 Å². The minimum Gasteiger partial charge on any atom is -0.265 e. The minimum atomic E-state index is -4.32. The SMILES string of the molecule is FC(F)(F)c1ccccn1.c1ccncc1. The van der Waals surface area contributed by atoms with Crippen LogP contribution in [0.4, 0.5) is 13.2 Å². The summed E-state index contributed by atoms with van der Waals surface area (Å²) in [6.45, 7) is 0. The van der Waals surface area contributed by atoms with Crippen LogP contribution in [-0.2, 0) is 6.18 Å². The third kappa shape index (κ3) is 4.54. The van der Waals surface area contributed by atoms with Gasteiger partial charge in [-0.15, -0.1) is 0 Å². The third-order valence-corrected chi connectivity index (χ3v) is 1.52. The van der Waals surface area contributed by atoms with Crippen molar-refractivity contribution in [2.24, 2.45) is 0 Å². The number of nitrogens with zero attached hydrogens (tertiary/aromatic N) is 2. The zero-order valence-electron chi connectivity index (χ0n) is 8.22. The second-order valence-corrected chi connectivity index (χ2v) is 2.74. The monoisotopic (exact) mass is 226 g/mol. The number of hydrogen-bond acceptors (Lipinski definition) is 2. The Kier molecular flexibility index (Phi) is 4.44. The van der Waals surface area contributed by atoms with E-state index in [1.807, 2.05) is 18.2 Å². The number of pyridine rings is 2. The number of hydrogen-bond donors (Lipinski definition) is 0. The van der Waals surface area contributed by atoms with Crippen LogP contribution in [0.3, 0.4) is 0 Å². The number of rotatable bonds is 0. The Bertz CT molecular complexity index is 360. The first-order valence-corrected chi connectivity index (χ1v) is 4.44. The summed E-state index contributed by atoms with van der Waals surface area (Å²) >= 11 is 0. The first-order chi connectivity index (χ1) is 7.61. The average Bonchev–Trinajstić information content (AvgIpc) is 2.32. The topological polar surface area (TPSA) is 25.8 Å². The summed E-state index contributed by atoms with van der Waals surface area (Å²) in [6.07, 6.45) is 0.296. The standard InChI is InChI=1S/C6H4F3N.C5H5N/c7-6(8,9)5-3-1-2-4-10-5;1-2-4-6-5-3-1/h1-4H;1-5H. The van der Waals surface area contributed by atoms with Gasteiger partial charge in [0.25, 0.3) is 0 Å². The van der Waals surface area contributed by atoms with Crippen LogP contribution in [0.5, 0.6) is 0 Å². The van der Waals surface area contributed by atoms with E-state index < -0.39 is 11.9 Å². The number of alkyl halides is 3. The lowest BCUT2D eigenvalue weighted by Gasteiger charge is -2.02. The fourth-order valence-corrected chi connectivity index (χ4v) is 0.843. The molecule has 2 aromatic rings. The van der Waals surface area contributed by atoms with Gasteiger partial charge >= 0.3 is 6.18 Å². The van der Waals surface area contributed by atoms with Crippen LogP contribution in [0.15, 0.2) is 55.0 Å². The van der Waals surface area contributed by atoms with Crippen LogP contribution in [0, 0.1) is 0 Å². The van der Waals surface area contributed by atoms with Gasteiger partial charge in [0.15, 0.2) is 0 Å². The van der Waals surface area contributed by atoms with Crippen molar-refractivity contribution in [3.8, 4) is 0 Å². The molecule has 0 saturated carbocycles. The molecule has 0 aliphatic heterocycles. The third-order valence-electron chi connectivity index (χ3n) is 1.52. The van der Waals surface area contributed by atoms with Gasteiger partial charge in [-0.05, 0) is 24.3 Å². The maximum Gasteiger partial charge on any atom is 0.433 e. The highest BCUT2D eigenvalue weighted by molar-refractivity contribution is 5.06. The molecule has 2 rings (SSSR count). The lowest BCUT2D eigenvalue weighted by molar-refractivity contribution is -0.141. The zero-order chi connectivity index (χ0) is 11.9. The molecule has 0 unspecified atom stereocenters. The van der Waals surface area contributed by atoms with Gasteiger partial charge in [-0.3, -0.25) is 9.97 Å². The van der Waals surface area contributed by atoms with Gasteiger partial charge in [0.2, 0.25) is 0 Å². The normalized spacial score (nSPS) is 10.2. The minimum absolute atomic E-state index is 0.852. The summed E-state index contributed by atoms with van der Waals surface area (Å²) in [4.78, 5) is 6.91. The molecule has 5 heteroatoms. The Labute approximate surface area is 90.8 Å². The summed E-state index contributed by atoms with van der Waals surface area (Å²) in [5, 5.41) is 0. The molecule has 0 N–H and O–H groups in total. The van der Waals surface area contributed by atoms with E-state index in [-0.39, 0.29) is 0 Å². The molecular formula is C11H9F3N2. The fraction of sp³-hybridized carbons (Fsp3) is 0.0909. The van der Waals surface area contributed by atoms with Crippen LogP contribution < -0.4 is 0 Å². The summed E-state index contributed by atoms with van der Waals surface area (Å²) in [5.74, 6) is 0. The molecule has 0 bridgehead atoms. The molecule has 0 aromatic carbocycles. The van der Waals surface area contributed by atoms with Gasteiger partial charge < -0.3 is 0 Å². The van der Waals surface area contributed by atoms with Crippen molar-refractivity contribution in [2.45, 2.75) is 6.18 Å². The smallest absolute Gasteiger partial charge is 0.265 e. The van der Waals surface area contributed by atoms with E-state index in [0.29, 0.717) is 0 Å². The van der Waals surface area contributed by atoms with Gasteiger partial charge in [0.1, 0.15) is 5.69 Å². The Morgan fingerprint density at radius 2 is 1.44 bits per heavy atom. The van der Waals surface area contributed by atoms with Gasteiger partial charge in [-0.2, -0.15) is 13.2 Å². The molecule has 0 aliphatic rings.